The Morgan fingerprint density at radius 2 is 1.90 bits per heavy atom. The summed E-state index contributed by atoms with van der Waals surface area (Å²) in [6.45, 7) is 2.36. The van der Waals surface area contributed by atoms with E-state index in [9.17, 15) is 5.11 Å². The topological polar surface area (TPSA) is 55.5 Å². The van der Waals surface area contributed by atoms with Crippen LogP contribution in [0.3, 0.4) is 0 Å². The fourth-order valence-corrected chi connectivity index (χ4v) is 2.31. The van der Waals surface area contributed by atoms with Gasteiger partial charge >= 0.3 is 0 Å². The first-order chi connectivity index (χ1) is 9.53. The van der Waals surface area contributed by atoms with Crippen molar-refractivity contribution in [2.75, 3.05) is 6.61 Å². The Balaban J connectivity index is 2.08. The van der Waals surface area contributed by atoms with E-state index in [1.54, 1.807) is 6.92 Å². The molecule has 20 heavy (non-hydrogen) atoms. The number of rotatable bonds is 5. The van der Waals surface area contributed by atoms with Crippen LogP contribution in [-0.2, 0) is 12.1 Å². The van der Waals surface area contributed by atoms with E-state index in [2.05, 4.69) is 15.9 Å². The third-order valence-corrected chi connectivity index (χ3v) is 3.93. The molecule has 0 saturated heterocycles. The highest BCUT2D eigenvalue weighted by Crippen LogP contribution is 2.25. The molecular weight excluding hydrogens is 318 g/mol. The van der Waals surface area contributed by atoms with Gasteiger partial charge in [-0.15, -0.1) is 0 Å². The average Bonchev–Trinajstić information content (AvgIpc) is 2.47. The highest BCUT2D eigenvalue weighted by atomic mass is 79.9. The van der Waals surface area contributed by atoms with Gasteiger partial charge in [-0.25, -0.2) is 0 Å². The van der Waals surface area contributed by atoms with Crippen molar-refractivity contribution in [3.63, 3.8) is 0 Å². The van der Waals surface area contributed by atoms with Gasteiger partial charge in [0.25, 0.3) is 0 Å². The molecule has 0 spiro atoms. The van der Waals surface area contributed by atoms with E-state index < -0.39 is 5.60 Å². The SMILES string of the molecule is CC(O)(COc1ccc(Br)c(CN)c1)c1ccccc1. The zero-order chi connectivity index (χ0) is 14.6. The molecule has 0 aliphatic heterocycles. The average molecular weight is 336 g/mol. The molecule has 0 heterocycles. The van der Waals surface area contributed by atoms with Crippen LogP contribution in [0.5, 0.6) is 5.75 Å². The maximum absolute atomic E-state index is 10.5. The van der Waals surface area contributed by atoms with Crippen LogP contribution in [0.15, 0.2) is 53.0 Å². The predicted octanol–water partition coefficient (Wildman–Crippen LogP) is 3.19. The number of halogens is 1. The second-order valence-electron chi connectivity index (χ2n) is 4.89. The van der Waals surface area contributed by atoms with Crippen molar-refractivity contribution in [2.45, 2.75) is 19.1 Å². The van der Waals surface area contributed by atoms with E-state index in [0.29, 0.717) is 12.3 Å². The van der Waals surface area contributed by atoms with Crippen LogP contribution in [-0.4, -0.2) is 11.7 Å². The number of ether oxygens (including phenoxy) is 1. The highest BCUT2D eigenvalue weighted by molar-refractivity contribution is 9.10. The summed E-state index contributed by atoms with van der Waals surface area (Å²) < 4.78 is 6.66. The molecule has 1 unspecified atom stereocenters. The van der Waals surface area contributed by atoms with E-state index in [4.69, 9.17) is 10.5 Å². The lowest BCUT2D eigenvalue weighted by atomic mass is 9.97. The fraction of sp³-hybridized carbons (Fsp3) is 0.250. The van der Waals surface area contributed by atoms with Crippen LogP contribution >= 0.6 is 15.9 Å². The van der Waals surface area contributed by atoms with Crippen molar-refractivity contribution in [1.82, 2.24) is 0 Å². The van der Waals surface area contributed by atoms with E-state index >= 15 is 0 Å². The molecule has 3 N–H and O–H groups in total. The molecule has 2 aromatic carbocycles. The van der Waals surface area contributed by atoms with Crippen molar-refractivity contribution in [2.24, 2.45) is 5.73 Å². The summed E-state index contributed by atoms with van der Waals surface area (Å²) in [5.41, 5.74) is 6.43. The Morgan fingerprint density at radius 1 is 1.20 bits per heavy atom. The largest absolute Gasteiger partial charge is 0.490 e. The maximum atomic E-state index is 10.5. The number of nitrogens with two attached hydrogens (primary N) is 1. The minimum Gasteiger partial charge on any atom is -0.490 e. The van der Waals surface area contributed by atoms with Gasteiger partial charge in [0.1, 0.15) is 18.0 Å². The summed E-state index contributed by atoms with van der Waals surface area (Å²) in [6.07, 6.45) is 0. The lowest BCUT2D eigenvalue weighted by Crippen LogP contribution is -2.29. The van der Waals surface area contributed by atoms with Gasteiger partial charge in [-0.05, 0) is 36.2 Å². The molecule has 0 aliphatic carbocycles. The molecule has 0 aliphatic rings. The molecule has 106 valence electrons. The Morgan fingerprint density at radius 3 is 2.55 bits per heavy atom. The highest BCUT2D eigenvalue weighted by Gasteiger charge is 2.23. The number of aliphatic hydroxyl groups is 1. The van der Waals surface area contributed by atoms with Gasteiger partial charge in [0.15, 0.2) is 0 Å². The summed E-state index contributed by atoms with van der Waals surface area (Å²) in [5, 5.41) is 10.5. The van der Waals surface area contributed by atoms with Gasteiger partial charge in [-0.2, -0.15) is 0 Å². The molecule has 0 bridgehead atoms. The summed E-state index contributed by atoms with van der Waals surface area (Å²) >= 11 is 3.43. The van der Waals surface area contributed by atoms with Gasteiger partial charge in [0, 0.05) is 11.0 Å². The van der Waals surface area contributed by atoms with Gasteiger partial charge in [0.2, 0.25) is 0 Å². The molecule has 0 aromatic heterocycles. The minimum atomic E-state index is -1.03. The van der Waals surface area contributed by atoms with Gasteiger partial charge in [-0.3, -0.25) is 0 Å². The van der Waals surface area contributed by atoms with E-state index in [0.717, 1.165) is 15.6 Å². The quantitative estimate of drug-likeness (QED) is 0.882. The fourth-order valence-electron chi connectivity index (χ4n) is 1.90. The number of benzene rings is 2. The van der Waals surface area contributed by atoms with E-state index in [-0.39, 0.29) is 6.61 Å². The van der Waals surface area contributed by atoms with Crippen LogP contribution in [0, 0.1) is 0 Å². The Kier molecular flexibility index (Phi) is 4.81. The van der Waals surface area contributed by atoms with Crippen molar-refractivity contribution in [3.05, 3.63) is 64.1 Å². The van der Waals surface area contributed by atoms with Crippen molar-refractivity contribution < 1.29 is 9.84 Å². The Hall–Kier alpha value is -1.36. The Bertz CT molecular complexity index is 570. The van der Waals surface area contributed by atoms with Crippen LogP contribution < -0.4 is 10.5 Å². The maximum Gasteiger partial charge on any atom is 0.121 e. The first-order valence-corrected chi connectivity index (χ1v) is 7.21. The number of hydrogen-bond acceptors (Lipinski definition) is 3. The molecule has 3 nitrogen and oxygen atoms in total. The van der Waals surface area contributed by atoms with Crippen molar-refractivity contribution >= 4 is 15.9 Å². The molecule has 2 rings (SSSR count). The first kappa shape index (κ1) is 15.0. The Labute approximate surface area is 127 Å². The van der Waals surface area contributed by atoms with Crippen LogP contribution in [0.4, 0.5) is 0 Å². The van der Waals surface area contributed by atoms with Crippen LogP contribution in [0.1, 0.15) is 18.1 Å². The van der Waals surface area contributed by atoms with Gasteiger partial charge in [-0.1, -0.05) is 46.3 Å². The first-order valence-electron chi connectivity index (χ1n) is 6.42. The van der Waals surface area contributed by atoms with Gasteiger partial charge in [0.05, 0.1) is 0 Å². The van der Waals surface area contributed by atoms with Crippen LogP contribution in [0.2, 0.25) is 0 Å². The summed E-state index contributed by atoms with van der Waals surface area (Å²) in [5.74, 6) is 0.699. The van der Waals surface area contributed by atoms with Gasteiger partial charge < -0.3 is 15.6 Å². The lowest BCUT2D eigenvalue weighted by Gasteiger charge is -2.24. The predicted molar refractivity (Wildman–Crippen MR) is 83.5 cm³/mol. The summed E-state index contributed by atoms with van der Waals surface area (Å²) in [7, 11) is 0. The van der Waals surface area contributed by atoms with Crippen LogP contribution in [0.25, 0.3) is 0 Å². The normalized spacial score (nSPS) is 13.8. The molecule has 1 atom stereocenters. The monoisotopic (exact) mass is 335 g/mol. The second-order valence-corrected chi connectivity index (χ2v) is 5.74. The summed E-state index contributed by atoms with van der Waals surface area (Å²) in [4.78, 5) is 0. The molecule has 0 fully saturated rings. The molecule has 4 heteroatoms. The minimum absolute atomic E-state index is 0.183. The molecule has 2 aromatic rings. The lowest BCUT2D eigenvalue weighted by molar-refractivity contribution is 0.00757. The summed E-state index contributed by atoms with van der Waals surface area (Å²) in [6, 6.07) is 15.1. The third-order valence-electron chi connectivity index (χ3n) is 3.15. The number of hydrogen-bond donors (Lipinski definition) is 2. The zero-order valence-corrected chi connectivity index (χ0v) is 12.9. The second kappa shape index (κ2) is 6.39. The van der Waals surface area contributed by atoms with E-state index in [1.165, 1.54) is 0 Å². The van der Waals surface area contributed by atoms with Crippen molar-refractivity contribution in [1.29, 1.82) is 0 Å². The third kappa shape index (κ3) is 3.60. The molecule has 0 radical (unpaired) electrons. The smallest absolute Gasteiger partial charge is 0.121 e. The molecule has 0 amide bonds. The van der Waals surface area contributed by atoms with E-state index in [1.807, 2.05) is 48.5 Å². The van der Waals surface area contributed by atoms with Crippen molar-refractivity contribution in [3.8, 4) is 5.75 Å². The zero-order valence-electron chi connectivity index (χ0n) is 11.3. The molecule has 0 saturated carbocycles. The molecular formula is C16H18BrNO2. The standard InChI is InChI=1S/C16H18BrNO2/c1-16(19,13-5-3-2-4-6-13)11-20-14-7-8-15(17)12(9-14)10-18/h2-9,19H,10-11,18H2,1H3.